The third-order valence-corrected chi connectivity index (χ3v) is 12.1. The summed E-state index contributed by atoms with van der Waals surface area (Å²) in [5.74, 6) is 3.21. The Hall–Kier alpha value is 0.177. The topological polar surface area (TPSA) is 9.23 Å². The molecule has 2 heteroatoms. The molecule has 4 aliphatic carbocycles. The molecular formula is C15H28OSi. The van der Waals surface area contributed by atoms with Crippen LogP contribution in [0, 0.1) is 17.8 Å². The van der Waals surface area contributed by atoms with Gasteiger partial charge in [-0.1, -0.05) is 13.8 Å². The Kier molecular flexibility index (Phi) is 2.94. The normalized spacial score (nSPS) is 44.3. The SMILES string of the molecule is CC[Si](CC)(OC)C12CC3CC(CC(C3)C1)C2. The van der Waals surface area contributed by atoms with E-state index in [0.717, 1.165) is 17.8 Å². The van der Waals surface area contributed by atoms with E-state index in [2.05, 4.69) is 13.8 Å². The third kappa shape index (κ3) is 1.59. The molecular weight excluding hydrogens is 224 g/mol. The second-order valence-electron chi connectivity index (χ2n) is 7.10. The molecule has 0 unspecified atom stereocenters. The summed E-state index contributed by atoms with van der Waals surface area (Å²) in [4.78, 5) is 0. The summed E-state index contributed by atoms with van der Waals surface area (Å²) in [7, 11) is 0.557. The molecule has 0 aromatic heterocycles. The third-order valence-electron chi connectivity index (χ3n) is 6.54. The molecule has 0 amide bonds. The quantitative estimate of drug-likeness (QED) is 0.665. The molecule has 0 saturated heterocycles. The van der Waals surface area contributed by atoms with Crippen LogP contribution in [-0.2, 0) is 4.43 Å². The van der Waals surface area contributed by atoms with E-state index in [9.17, 15) is 0 Å². The van der Waals surface area contributed by atoms with Gasteiger partial charge in [-0.25, -0.2) is 0 Å². The fraction of sp³-hybridized carbons (Fsp3) is 1.00. The number of hydrogen-bond acceptors (Lipinski definition) is 1. The average Bonchev–Trinajstić information content (AvgIpc) is 2.29. The number of hydrogen-bond donors (Lipinski definition) is 0. The molecule has 4 aliphatic rings. The van der Waals surface area contributed by atoms with Crippen molar-refractivity contribution in [2.75, 3.05) is 7.11 Å². The standard InChI is InChI=1S/C15H28OSi/c1-4-17(5-2,16-3)15-9-12-6-13(10-15)8-14(7-12)11-15/h12-14H,4-11H2,1-3H3. The molecule has 4 saturated carbocycles. The Labute approximate surface area is 107 Å². The summed E-state index contributed by atoms with van der Waals surface area (Å²) in [6, 6.07) is 2.68. The van der Waals surface area contributed by atoms with E-state index in [0.29, 0.717) is 5.04 Å². The molecule has 17 heavy (non-hydrogen) atoms. The molecule has 0 aromatic rings. The minimum Gasteiger partial charge on any atom is -0.419 e. The van der Waals surface area contributed by atoms with E-state index >= 15 is 0 Å². The number of rotatable bonds is 4. The van der Waals surface area contributed by atoms with Crippen molar-refractivity contribution in [2.24, 2.45) is 17.8 Å². The minimum absolute atomic E-state index is 0.681. The van der Waals surface area contributed by atoms with Crippen molar-refractivity contribution in [3.63, 3.8) is 0 Å². The van der Waals surface area contributed by atoms with Crippen LogP contribution >= 0.6 is 0 Å². The lowest BCUT2D eigenvalue weighted by atomic mass is 9.56. The lowest BCUT2D eigenvalue weighted by molar-refractivity contribution is 0.0159. The van der Waals surface area contributed by atoms with Crippen LogP contribution in [0.15, 0.2) is 0 Å². The highest BCUT2D eigenvalue weighted by atomic mass is 28.4. The maximum Gasteiger partial charge on any atom is 0.197 e. The van der Waals surface area contributed by atoms with E-state index in [1.54, 1.807) is 19.3 Å². The second-order valence-corrected chi connectivity index (χ2v) is 12.0. The first-order chi connectivity index (χ1) is 8.17. The van der Waals surface area contributed by atoms with Gasteiger partial charge in [0.25, 0.3) is 0 Å². The fourth-order valence-electron chi connectivity index (χ4n) is 6.17. The van der Waals surface area contributed by atoms with Crippen LogP contribution in [0.4, 0.5) is 0 Å². The van der Waals surface area contributed by atoms with E-state index in [1.807, 2.05) is 7.11 Å². The maximum absolute atomic E-state index is 6.26. The molecule has 0 radical (unpaired) electrons. The van der Waals surface area contributed by atoms with Crippen LogP contribution in [0.25, 0.3) is 0 Å². The lowest BCUT2D eigenvalue weighted by Gasteiger charge is -2.62. The van der Waals surface area contributed by atoms with Crippen LogP contribution in [0.5, 0.6) is 0 Å². The molecule has 4 rings (SSSR count). The monoisotopic (exact) mass is 252 g/mol. The van der Waals surface area contributed by atoms with Crippen LogP contribution in [0.3, 0.4) is 0 Å². The zero-order chi connectivity index (χ0) is 12.1. The van der Waals surface area contributed by atoms with Gasteiger partial charge in [0, 0.05) is 7.11 Å². The van der Waals surface area contributed by atoms with Crippen molar-refractivity contribution in [3.05, 3.63) is 0 Å². The van der Waals surface area contributed by atoms with Gasteiger partial charge in [0.1, 0.15) is 0 Å². The van der Waals surface area contributed by atoms with E-state index < -0.39 is 8.32 Å². The molecule has 98 valence electrons. The van der Waals surface area contributed by atoms with Gasteiger partial charge < -0.3 is 4.43 Å². The molecule has 0 aromatic carbocycles. The summed E-state index contributed by atoms with van der Waals surface area (Å²) in [6.07, 6.45) is 9.25. The maximum atomic E-state index is 6.26. The highest BCUT2D eigenvalue weighted by molar-refractivity contribution is 6.76. The Balaban J connectivity index is 1.95. The first-order valence-electron chi connectivity index (χ1n) is 7.72. The zero-order valence-electron chi connectivity index (χ0n) is 11.8. The summed E-state index contributed by atoms with van der Waals surface area (Å²) >= 11 is 0. The van der Waals surface area contributed by atoms with Crippen molar-refractivity contribution in [3.8, 4) is 0 Å². The smallest absolute Gasteiger partial charge is 0.197 e. The largest absolute Gasteiger partial charge is 0.419 e. The van der Waals surface area contributed by atoms with Gasteiger partial charge in [0.05, 0.1) is 0 Å². The summed E-state index contributed by atoms with van der Waals surface area (Å²) in [5.41, 5.74) is 0. The van der Waals surface area contributed by atoms with E-state index in [1.165, 1.54) is 31.4 Å². The van der Waals surface area contributed by atoms with Crippen LogP contribution in [0.2, 0.25) is 17.1 Å². The zero-order valence-corrected chi connectivity index (χ0v) is 12.8. The highest BCUT2D eigenvalue weighted by Crippen LogP contribution is 2.68. The van der Waals surface area contributed by atoms with E-state index in [-0.39, 0.29) is 0 Å². The van der Waals surface area contributed by atoms with Crippen molar-refractivity contribution < 1.29 is 4.43 Å². The van der Waals surface area contributed by atoms with Crippen molar-refractivity contribution in [1.29, 1.82) is 0 Å². The predicted molar refractivity (Wildman–Crippen MR) is 74.6 cm³/mol. The molecule has 0 aliphatic heterocycles. The van der Waals surface area contributed by atoms with Gasteiger partial charge in [0.15, 0.2) is 8.32 Å². The van der Waals surface area contributed by atoms with Gasteiger partial charge in [-0.05, 0) is 73.4 Å². The Morgan fingerprint density at radius 1 is 0.941 bits per heavy atom. The second kappa shape index (κ2) is 4.09. The van der Waals surface area contributed by atoms with E-state index in [4.69, 9.17) is 4.43 Å². The van der Waals surface area contributed by atoms with Crippen LogP contribution in [-0.4, -0.2) is 15.4 Å². The Bertz CT molecular complexity index is 252. The molecule has 0 heterocycles. The molecule has 0 atom stereocenters. The lowest BCUT2D eigenvalue weighted by Crippen LogP contribution is -2.57. The summed E-state index contributed by atoms with van der Waals surface area (Å²) in [5, 5.41) is 0.681. The van der Waals surface area contributed by atoms with Crippen LogP contribution < -0.4 is 0 Å². The first kappa shape index (κ1) is 12.2. The molecule has 1 nitrogen and oxygen atoms in total. The first-order valence-corrected chi connectivity index (χ1v) is 10.0. The van der Waals surface area contributed by atoms with Gasteiger partial charge in [0.2, 0.25) is 0 Å². The Morgan fingerprint density at radius 2 is 1.35 bits per heavy atom. The van der Waals surface area contributed by atoms with Gasteiger partial charge >= 0.3 is 0 Å². The molecule has 0 spiro atoms. The summed E-state index contributed by atoms with van der Waals surface area (Å²) < 4.78 is 6.26. The van der Waals surface area contributed by atoms with Gasteiger partial charge in [-0.2, -0.15) is 0 Å². The highest BCUT2D eigenvalue weighted by Gasteiger charge is 2.60. The molecule has 4 fully saturated rings. The summed E-state index contributed by atoms with van der Waals surface area (Å²) in [6.45, 7) is 4.80. The van der Waals surface area contributed by atoms with Crippen LogP contribution in [0.1, 0.15) is 52.4 Å². The van der Waals surface area contributed by atoms with Crippen molar-refractivity contribution in [1.82, 2.24) is 0 Å². The van der Waals surface area contributed by atoms with Crippen molar-refractivity contribution in [2.45, 2.75) is 69.5 Å². The minimum atomic E-state index is -1.47. The molecule has 4 bridgehead atoms. The average molecular weight is 252 g/mol. The predicted octanol–water partition coefficient (Wildman–Crippen LogP) is 4.59. The molecule has 0 N–H and O–H groups in total. The Morgan fingerprint density at radius 3 is 1.65 bits per heavy atom. The fourth-order valence-corrected chi connectivity index (χ4v) is 11.2. The van der Waals surface area contributed by atoms with Gasteiger partial charge in [-0.3, -0.25) is 0 Å². The van der Waals surface area contributed by atoms with Crippen molar-refractivity contribution >= 4 is 8.32 Å². The van der Waals surface area contributed by atoms with Gasteiger partial charge in [-0.15, -0.1) is 0 Å².